The molecule has 2 rings (SSSR count). The predicted octanol–water partition coefficient (Wildman–Crippen LogP) is 1.63. The largest absolute Gasteiger partial charge is 0.396 e. The maximum Gasteiger partial charge on any atom is 0.223 e. The average molecular weight is 267 g/mol. The summed E-state index contributed by atoms with van der Waals surface area (Å²) in [5.41, 5.74) is 0. The van der Waals surface area contributed by atoms with E-state index in [1.54, 1.807) is 0 Å². The lowest BCUT2D eigenvalue weighted by molar-refractivity contribution is -0.130. The summed E-state index contributed by atoms with van der Waals surface area (Å²) in [4.78, 5) is 12.2. The normalized spacial score (nSPS) is 34.4. The van der Waals surface area contributed by atoms with Crippen LogP contribution in [0.2, 0.25) is 0 Å². The van der Waals surface area contributed by atoms with Crippen LogP contribution in [0.3, 0.4) is 0 Å². The maximum atomic E-state index is 12.2. The Morgan fingerprint density at radius 1 is 1.42 bits per heavy atom. The minimum absolute atomic E-state index is 0.0897. The number of aliphatic hydroxyl groups excluding tert-OH is 1. The molecule has 0 aromatic carbocycles. The van der Waals surface area contributed by atoms with Gasteiger partial charge < -0.3 is 15.2 Å². The second kappa shape index (κ2) is 7.06. The molecule has 4 heteroatoms. The highest BCUT2D eigenvalue weighted by atomic mass is 16.5. The van der Waals surface area contributed by atoms with Crippen molar-refractivity contribution in [2.24, 2.45) is 11.8 Å². The van der Waals surface area contributed by atoms with Crippen molar-refractivity contribution in [2.75, 3.05) is 13.2 Å². The average Bonchev–Trinajstić information content (AvgIpc) is 2.87. The molecular weight excluding hydrogens is 242 g/mol. The van der Waals surface area contributed by atoms with E-state index >= 15 is 0 Å². The molecule has 1 saturated heterocycles. The van der Waals surface area contributed by atoms with Gasteiger partial charge in [0, 0.05) is 31.1 Å². The van der Waals surface area contributed by atoms with Crippen LogP contribution in [-0.4, -0.2) is 36.4 Å². The van der Waals surface area contributed by atoms with Gasteiger partial charge in [0.05, 0.1) is 6.10 Å². The Balaban J connectivity index is 1.78. The molecule has 0 bridgehead atoms. The van der Waals surface area contributed by atoms with Gasteiger partial charge in [-0.1, -0.05) is 25.5 Å². The molecule has 2 N–H and O–H groups in total. The Hall–Kier alpha value is -0.870. The summed E-state index contributed by atoms with van der Waals surface area (Å²) < 4.78 is 5.68. The lowest BCUT2D eigenvalue weighted by Crippen LogP contribution is -2.41. The molecule has 19 heavy (non-hydrogen) atoms. The van der Waals surface area contributed by atoms with Crippen LogP contribution in [0.4, 0.5) is 0 Å². The number of aliphatic hydroxyl groups is 1. The first-order chi connectivity index (χ1) is 9.22. The highest BCUT2D eigenvalue weighted by molar-refractivity contribution is 5.79. The van der Waals surface area contributed by atoms with Gasteiger partial charge in [0.2, 0.25) is 5.91 Å². The lowest BCUT2D eigenvalue weighted by atomic mass is 9.92. The van der Waals surface area contributed by atoms with Crippen molar-refractivity contribution >= 4 is 5.91 Å². The standard InChI is InChI=1S/C15H25NO3/c1-2-3-14-9-12(6-7-19-14)15(18)16-13-5-4-11(8-13)10-17/h4-5,11-14,17H,2-3,6-10H2,1H3,(H,16,18)/t11-,12?,13+,14?/m0/s1. The highest BCUT2D eigenvalue weighted by Crippen LogP contribution is 2.24. The summed E-state index contributed by atoms with van der Waals surface area (Å²) >= 11 is 0. The first-order valence-corrected chi connectivity index (χ1v) is 7.44. The van der Waals surface area contributed by atoms with E-state index in [2.05, 4.69) is 12.2 Å². The number of ether oxygens (including phenoxy) is 1. The number of rotatable bonds is 5. The Morgan fingerprint density at radius 3 is 2.95 bits per heavy atom. The number of carbonyl (C=O) groups excluding carboxylic acids is 1. The quantitative estimate of drug-likeness (QED) is 0.744. The molecule has 1 fully saturated rings. The van der Waals surface area contributed by atoms with Gasteiger partial charge in [-0.05, 0) is 25.7 Å². The monoisotopic (exact) mass is 267 g/mol. The van der Waals surface area contributed by atoms with Crippen LogP contribution in [0, 0.1) is 11.8 Å². The molecule has 4 nitrogen and oxygen atoms in total. The maximum absolute atomic E-state index is 12.2. The Morgan fingerprint density at radius 2 is 2.26 bits per heavy atom. The molecule has 0 spiro atoms. The molecule has 108 valence electrons. The zero-order valence-electron chi connectivity index (χ0n) is 11.7. The first kappa shape index (κ1) is 14.5. The SMILES string of the molecule is CCCC1CC(C(=O)N[C@@H]2C=C[C@H](CO)C2)CCO1. The third kappa shape index (κ3) is 4.05. The van der Waals surface area contributed by atoms with E-state index in [0.29, 0.717) is 6.61 Å². The van der Waals surface area contributed by atoms with Crippen molar-refractivity contribution in [1.29, 1.82) is 0 Å². The van der Waals surface area contributed by atoms with Gasteiger partial charge in [-0.2, -0.15) is 0 Å². The molecule has 1 aliphatic heterocycles. The van der Waals surface area contributed by atoms with Crippen LogP contribution in [-0.2, 0) is 9.53 Å². The third-order valence-electron chi connectivity index (χ3n) is 4.08. The summed E-state index contributed by atoms with van der Waals surface area (Å²) in [6.45, 7) is 3.01. The fourth-order valence-electron chi connectivity index (χ4n) is 2.96. The van der Waals surface area contributed by atoms with Gasteiger partial charge in [0.1, 0.15) is 0 Å². The second-order valence-electron chi connectivity index (χ2n) is 5.68. The second-order valence-corrected chi connectivity index (χ2v) is 5.68. The van der Waals surface area contributed by atoms with Gasteiger partial charge in [0.25, 0.3) is 0 Å². The molecule has 2 aliphatic rings. The smallest absolute Gasteiger partial charge is 0.223 e. The number of carbonyl (C=O) groups is 1. The van der Waals surface area contributed by atoms with Crippen molar-refractivity contribution in [3.63, 3.8) is 0 Å². The van der Waals surface area contributed by atoms with E-state index < -0.39 is 0 Å². The number of nitrogens with one attached hydrogen (secondary N) is 1. The molecule has 0 radical (unpaired) electrons. The number of hydrogen-bond acceptors (Lipinski definition) is 3. The molecule has 1 heterocycles. The van der Waals surface area contributed by atoms with Crippen molar-refractivity contribution < 1.29 is 14.6 Å². The molecular formula is C15H25NO3. The lowest BCUT2D eigenvalue weighted by Gasteiger charge is -2.29. The van der Waals surface area contributed by atoms with Crippen LogP contribution < -0.4 is 5.32 Å². The third-order valence-corrected chi connectivity index (χ3v) is 4.08. The predicted molar refractivity (Wildman–Crippen MR) is 73.6 cm³/mol. The van der Waals surface area contributed by atoms with Gasteiger partial charge in [-0.15, -0.1) is 0 Å². The van der Waals surface area contributed by atoms with Crippen molar-refractivity contribution in [2.45, 2.75) is 51.2 Å². The molecule has 0 aromatic rings. The summed E-state index contributed by atoms with van der Waals surface area (Å²) in [5, 5.41) is 12.2. The molecule has 1 amide bonds. The number of amides is 1. The molecule has 0 aromatic heterocycles. The highest BCUT2D eigenvalue weighted by Gasteiger charge is 2.29. The zero-order chi connectivity index (χ0) is 13.7. The Bertz CT molecular complexity index is 327. The van der Waals surface area contributed by atoms with Crippen molar-refractivity contribution in [3.05, 3.63) is 12.2 Å². The van der Waals surface area contributed by atoms with Gasteiger partial charge >= 0.3 is 0 Å². The fourth-order valence-corrected chi connectivity index (χ4v) is 2.96. The van der Waals surface area contributed by atoms with Crippen LogP contribution in [0.15, 0.2) is 12.2 Å². The summed E-state index contributed by atoms with van der Waals surface area (Å²) in [6.07, 6.45) is 8.88. The fraction of sp³-hybridized carbons (Fsp3) is 0.800. The van der Waals surface area contributed by atoms with E-state index in [0.717, 1.165) is 32.1 Å². The minimum atomic E-state index is 0.0897. The van der Waals surface area contributed by atoms with E-state index in [1.807, 2.05) is 12.2 Å². The Kier molecular flexibility index (Phi) is 5.40. The number of hydrogen-bond donors (Lipinski definition) is 2. The molecule has 4 atom stereocenters. The molecule has 0 saturated carbocycles. The summed E-state index contributed by atoms with van der Waals surface area (Å²) in [5.74, 6) is 0.442. The van der Waals surface area contributed by atoms with Crippen molar-refractivity contribution in [3.8, 4) is 0 Å². The topological polar surface area (TPSA) is 58.6 Å². The van der Waals surface area contributed by atoms with Gasteiger partial charge in [0.15, 0.2) is 0 Å². The Labute approximate surface area is 115 Å². The first-order valence-electron chi connectivity index (χ1n) is 7.44. The van der Waals surface area contributed by atoms with E-state index in [4.69, 9.17) is 9.84 Å². The van der Waals surface area contributed by atoms with E-state index in [-0.39, 0.29) is 36.5 Å². The van der Waals surface area contributed by atoms with Crippen LogP contribution >= 0.6 is 0 Å². The summed E-state index contributed by atoms with van der Waals surface area (Å²) in [6, 6.07) is 0.0946. The van der Waals surface area contributed by atoms with E-state index in [9.17, 15) is 4.79 Å². The van der Waals surface area contributed by atoms with Crippen LogP contribution in [0.1, 0.15) is 39.0 Å². The summed E-state index contributed by atoms with van der Waals surface area (Å²) in [7, 11) is 0. The van der Waals surface area contributed by atoms with E-state index in [1.165, 1.54) is 0 Å². The zero-order valence-corrected chi connectivity index (χ0v) is 11.7. The van der Waals surface area contributed by atoms with Gasteiger partial charge in [-0.25, -0.2) is 0 Å². The van der Waals surface area contributed by atoms with Gasteiger partial charge in [-0.3, -0.25) is 4.79 Å². The van der Waals surface area contributed by atoms with Crippen molar-refractivity contribution in [1.82, 2.24) is 5.32 Å². The molecule has 1 aliphatic carbocycles. The van der Waals surface area contributed by atoms with Crippen LogP contribution in [0.25, 0.3) is 0 Å². The van der Waals surface area contributed by atoms with Crippen LogP contribution in [0.5, 0.6) is 0 Å². The minimum Gasteiger partial charge on any atom is -0.396 e. The molecule has 2 unspecified atom stereocenters.